The van der Waals surface area contributed by atoms with Crippen LogP contribution < -0.4 is 9.47 Å². The van der Waals surface area contributed by atoms with Gasteiger partial charge in [0.2, 0.25) is 0 Å². The van der Waals surface area contributed by atoms with Crippen LogP contribution in [-0.2, 0) is 4.74 Å². The van der Waals surface area contributed by atoms with Crippen LogP contribution in [0.2, 0.25) is 14.8 Å². The molecule has 4 heteroatoms. The van der Waals surface area contributed by atoms with Gasteiger partial charge in [-0.25, -0.2) is 0 Å². The molecule has 1 aromatic carbocycles. The van der Waals surface area contributed by atoms with E-state index in [1.54, 1.807) is 14.2 Å². The summed E-state index contributed by atoms with van der Waals surface area (Å²) in [5.41, 5.74) is 5.06. The van der Waals surface area contributed by atoms with Crippen LogP contribution in [0.4, 0.5) is 0 Å². The first kappa shape index (κ1) is 18.7. The Morgan fingerprint density at radius 1 is 1.09 bits per heavy atom. The van der Waals surface area contributed by atoms with E-state index in [4.69, 9.17) is 14.2 Å². The molecule has 2 rings (SSSR count). The van der Waals surface area contributed by atoms with E-state index < -0.39 is 18.4 Å². The number of ether oxygens (including phenoxy) is 3. The van der Waals surface area contributed by atoms with Gasteiger partial charge in [0.15, 0.2) is 0 Å². The van der Waals surface area contributed by atoms with E-state index in [1.807, 2.05) is 6.07 Å². The standard InChI is InChI=1S/C16H21O3.3CH3.Sn/c1-10-8-13(16(19-5)15(9-10)18-4)12-6-7-14(17-3)11(12)2;;;;/h8-9,14H,3,6-7H2,1-2,4-5H3;3*1H3;. The first-order valence-corrected chi connectivity index (χ1v) is 18.9. The van der Waals surface area contributed by atoms with Crippen LogP contribution in [0.5, 0.6) is 11.5 Å². The maximum absolute atomic E-state index is 6.26. The molecule has 3 nitrogen and oxygen atoms in total. The molecule has 0 saturated heterocycles. The fourth-order valence-electron chi connectivity index (χ4n) is 3.12. The molecular formula is C19H30O3Sn. The number of hydrogen-bond donors (Lipinski definition) is 0. The molecule has 1 unspecified atom stereocenters. The van der Waals surface area contributed by atoms with Gasteiger partial charge in [0, 0.05) is 0 Å². The zero-order valence-corrected chi connectivity index (χ0v) is 18.4. The number of aryl methyl sites for hydroxylation is 1. The van der Waals surface area contributed by atoms with Gasteiger partial charge >= 0.3 is 145 Å². The van der Waals surface area contributed by atoms with Crippen molar-refractivity contribution in [2.24, 2.45) is 0 Å². The van der Waals surface area contributed by atoms with Crippen molar-refractivity contribution in [3.63, 3.8) is 0 Å². The second kappa shape index (κ2) is 7.47. The maximum atomic E-state index is 6.26. The number of benzene rings is 1. The third-order valence-corrected chi connectivity index (χ3v) is 7.23. The topological polar surface area (TPSA) is 27.7 Å². The Morgan fingerprint density at radius 3 is 2.35 bits per heavy atom. The van der Waals surface area contributed by atoms with E-state index in [0.29, 0.717) is 0 Å². The van der Waals surface area contributed by atoms with Gasteiger partial charge in [-0.05, 0) is 0 Å². The molecule has 23 heavy (non-hydrogen) atoms. The number of rotatable bonds is 6. The summed E-state index contributed by atoms with van der Waals surface area (Å²) in [6.07, 6.45) is 2.37. The molecular weight excluding hydrogens is 395 g/mol. The molecule has 128 valence electrons. The molecule has 0 aromatic heterocycles. The van der Waals surface area contributed by atoms with Crippen molar-refractivity contribution in [3.05, 3.63) is 28.8 Å². The first-order chi connectivity index (χ1) is 10.8. The van der Waals surface area contributed by atoms with Gasteiger partial charge < -0.3 is 0 Å². The van der Waals surface area contributed by atoms with Crippen molar-refractivity contribution in [2.45, 2.75) is 47.6 Å². The summed E-state index contributed by atoms with van der Waals surface area (Å²) in [7, 11) is 3.41. The number of allylic oxidation sites excluding steroid dienone is 1. The van der Waals surface area contributed by atoms with Crippen LogP contribution in [0.25, 0.3) is 5.57 Å². The third-order valence-electron chi connectivity index (χ3n) is 4.28. The van der Waals surface area contributed by atoms with Gasteiger partial charge in [-0.15, -0.1) is 0 Å². The van der Waals surface area contributed by atoms with Gasteiger partial charge in [-0.2, -0.15) is 0 Å². The Bertz CT molecular complexity index is 599. The van der Waals surface area contributed by atoms with Gasteiger partial charge in [-0.3, -0.25) is 0 Å². The summed E-state index contributed by atoms with van der Waals surface area (Å²) >= 11 is -1.89. The second-order valence-electron chi connectivity index (χ2n) is 7.61. The van der Waals surface area contributed by atoms with Crippen molar-refractivity contribution in [1.82, 2.24) is 0 Å². The molecule has 0 amide bonds. The summed E-state index contributed by atoms with van der Waals surface area (Å²) in [5.74, 6) is 1.64. The molecule has 1 aromatic rings. The van der Waals surface area contributed by atoms with Gasteiger partial charge in [0.25, 0.3) is 0 Å². The van der Waals surface area contributed by atoms with Crippen LogP contribution in [0.15, 0.2) is 17.7 Å². The molecule has 0 bridgehead atoms. The predicted molar refractivity (Wildman–Crippen MR) is 99.2 cm³/mol. The molecule has 0 heterocycles. The van der Waals surface area contributed by atoms with E-state index in [9.17, 15) is 0 Å². The minimum atomic E-state index is -1.89. The Labute approximate surface area is 144 Å². The third kappa shape index (κ3) is 4.44. The Balaban J connectivity index is 2.34. The average Bonchev–Trinajstić information content (AvgIpc) is 2.84. The minimum absolute atomic E-state index is 0.261. The molecule has 0 fully saturated rings. The van der Waals surface area contributed by atoms with Crippen molar-refractivity contribution in [1.29, 1.82) is 0 Å². The van der Waals surface area contributed by atoms with Gasteiger partial charge in [-0.1, -0.05) is 0 Å². The SMILES string of the molecule is COc1cc(C)cc(C2=C(C)C(O[CH2][Sn]([CH3])([CH3])[CH3])CC2)c1OC. The van der Waals surface area contributed by atoms with Crippen molar-refractivity contribution in [2.75, 3.05) is 18.8 Å². The Morgan fingerprint density at radius 2 is 1.78 bits per heavy atom. The van der Waals surface area contributed by atoms with Gasteiger partial charge in [0.05, 0.1) is 0 Å². The van der Waals surface area contributed by atoms with E-state index >= 15 is 0 Å². The van der Waals surface area contributed by atoms with Gasteiger partial charge in [0.1, 0.15) is 0 Å². The molecule has 1 aliphatic rings. The summed E-state index contributed by atoms with van der Waals surface area (Å²) in [6, 6.07) is 4.22. The molecule has 0 saturated carbocycles. The predicted octanol–water partition coefficient (Wildman–Crippen LogP) is 4.84. The van der Waals surface area contributed by atoms with E-state index in [2.05, 4.69) is 34.7 Å². The fraction of sp³-hybridized carbons (Fsp3) is 0.579. The Kier molecular flexibility index (Phi) is 6.06. The molecule has 0 N–H and O–H groups in total. The summed E-state index contributed by atoms with van der Waals surface area (Å²) in [4.78, 5) is 7.24. The zero-order valence-electron chi connectivity index (χ0n) is 15.6. The number of methoxy groups -OCH3 is 2. The molecule has 0 spiro atoms. The quantitative estimate of drug-likeness (QED) is 0.611. The normalized spacial score (nSPS) is 18.5. The second-order valence-corrected chi connectivity index (χ2v) is 23.0. The van der Waals surface area contributed by atoms with Crippen LogP contribution >= 0.6 is 0 Å². The average molecular weight is 425 g/mol. The fourth-order valence-corrected chi connectivity index (χ4v) is 5.12. The van der Waals surface area contributed by atoms with Crippen molar-refractivity contribution < 1.29 is 14.2 Å². The first-order valence-electron chi connectivity index (χ1n) is 8.31. The number of hydrogen-bond acceptors (Lipinski definition) is 3. The molecule has 0 aliphatic heterocycles. The van der Waals surface area contributed by atoms with Crippen molar-refractivity contribution >= 4 is 24.0 Å². The monoisotopic (exact) mass is 426 g/mol. The van der Waals surface area contributed by atoms with E-state index in [1.165, 1.54) is 16.7 Å². The summed E-state index contributed by atoms with van der Waals surface area (Å²) in [5, 5.41) is 0. The zero-order chi connectivity index (χ0) is 17.2. The van der Waals surface area contributed by atoms with Crippen LogP contribution in [0.1, 0.15) is 30.9 Å². The molecule has 1 atom stereocenters. The van der Waals surface area contributed by atoms with Crippen LogP contribution in [0, 0.1) is 6.92 Å². The van der Waals surface area contributed by atoms with Crippen molar-refractivity contribution in [3.8, 4) is 11.5 Å². The molecule has 0 radical (unpaired) electrons. The summed E-state index contributed by atoms with van der Waals surface area (Å²) < 4.78 is 18.4. The molecule has 1 aliphatic carbocycles. The van der Waals surface area contributed by atoms with Crippen LogP contribution in [-0.4, -0.2) is 43.3 Å². The van der Waals surface area contributed by atoms with E-state index in [-0.39, 0.29) is 6.10 Å². The van der Waals surface area contributed by atoms with E-state index in [0.717, 1.165) is 34.5 Å². The summed E-state index contributed by atoms with van der Waals surface area (Å²) in [6.45, 7) is 4.30. The Hall–Kier alpha value is -0.681. The van der Waals surface area contributed by atoms with Crippen LogP contribution in [0.3, 0.4) is 0 Å².